The van der Waals surface area contributed by atoms with Crippen LogP contribution < -0.4 is 5.32 Å². The molecule has 2 aromatic rings. The van der Waals surface area contributed by atoms with Gasteiger partial charge < -0.3 is 5.32 Å². The van der Waals surface area contributed by atoms with Gasteiger partial charge in [0.05, 0.1) is 0 Å². The maximum atomic E-state index is 12.6. The lowest BCUT2D eigenvalue weighted by Crippen LogP contribution is -2.26. The van der Waals surface area contributed by atoms with Gasteiger partial charge in [-0.25, -0.2) is 0 Å². The van der Waals surface area contributed by atoms with Crippen molar-refractivity contribution in [2.24, 2.45) is 0 Å². The van der Waals surface area contributed by atoms with Crippen molar-refractivity contribution in [1.82, 2.24) is 5.32 Å². The van der Waals surface area contributed by atoms with Gasteiger partial charge in [-0.15, -0.1) is 0 Å². The van der Waals surface area contributed by atoms with Crippen LogP contribution in [0.25, 0.3) is 0 Å². The van der Waals surface area contributed by atoms with E-state index in [4.69, 9.17) is 0 Å². The molecule has 4 nitrogen and oxygen atoms in total. The van der Waals surface area contributed by atoms with Crippen LogP contribution in [-0.2, 0) is 0 Å². The summed E-state index contributed by atoms with van der Waals surface area (Å²) in [5, 5.41) is 2.85. The molecular formula is C20H19NO3. The molecule has 2 aromatic carbocycles. The molecule has 3 rings (SSSR count). The number of unbranched alkanes of at least 4 members (excludes halogenated alkanes) is 2. The van der Waals surface area contributed by atoms with E-state index in [9.17, 15) is 14.4 Å². The number of ketones is 2. The second kappa shape index (κ2) is 6.79. The van der Waals surface area contributed by atoms with Gasteiger partial charge in [0, 0.05) is 34.4 Å². The van der Waals surface area contributed by atoms with E-state index in [1.807, 2.05) is 0 Å². The van der Waals surface area contributed by atoms with Crippen molar-refractivity contribution in [3.63, 3.8) is 0 Å². The van der Waals surface area contributed by atoms with E-state index in [1.165, 1.54) is 6.07 Å². The highest BCUT2D eigenvalue weighted by molar-refractivity contribution is 6.28. The molecule has 1 aliphatic carbocycles. The van der Waals surface area contributed by atoms with Gasteiger partial charge in [0.15, 0.2) is 11.6 Å². The van der Waals surface area contributed by atoms with Crippen molar-refractivity contribution in [3.05, 3.63) is 70.3 Å². The van der Waals surface area contributed by atoms with Crippen molar-refractivity contribution in [1.29, 1.82) is 0 Å². The Bertz CT molecular complexity index is 823. The molecule has 1 amide bonds. The molecule has 1 N–H and O–H groups in total. The molecule has 0 bridgehead atoms. The molecule has 24 heavy (non-hydrogen) atoms. The SMILES string of the molecule is CCCCCNC(=O)c1ccc2c(c1)C(=O)c1ccccc1C2=O. The number of hydrogen-bond acceptors (Lipinski definition) is 3. The van der Waals surface area contributed by atoms with Gasteiger partial charge in [0.1, 0.15) is 0 Å². The maximum absolute atomic E-state index is 12.6. The number of carbonyl (C=O) groups is 3. The Morgan fingerprint density at radius 3 is 2.17 bits per heavy atom. The van der Waals surface area contributed by atoms with Crippen LogP contribution in [0.15, 0.2) is 42.5 Å². The second-order valence-corrected chi connectivity index (χ2v) is 5.93. The molecule has 0 saturated heterocycles. The third-order valence-electron chi connectivity index (χ3n) is 4.25. The molecule has 0 saturated carbocycles. The average Bonchev–Trinajstić information content (AvgIpc) is 2.62. The highest BCUT2D eigenvalue weighted by atomic mass is 16.2. The minimum Gasteiger partial charge on any atom is -0.352 e. The minimum atomic E-state index is -0.215. The summed E-state index contributed by atoms with van der Waals surface area (Å²) in [4.78, 5) is 37.4. The molecular weight excluding hydrogens is 302 g/mol. The number of carbonyl (C=O) groups excluding carboxylic acids is 3. The normalized spacial score (nSPS) is 12.5. The van der Waals surface area contributed by atoms with Crippen LogP contribution in [0.5, 0.6) is 0 Å². The van der Waals surface area contributed by atoms with E-state index in [-0.39, 0.29) is 17.5 Å². The zero-order chi connectivity index (χ0) is 17.1. The Hall–Kier alpha value is -2.75. The number of rotatable bonds is 5. The highest BCUT2D eigenvalue weighted by Crippen LogP contribution is 2.27. The topological polar surface area (TPSA) is 63.2 Å². The standard InChI is InChI=1S/C20H19NO3/c1-2-3-6-11-21-20(24)13-9-10-16-17(12-13)19(23)15-8-5-4-7-14(15)18(16)22/h4-5,7-10,12H,2-3,6,11H2,1H3,(H,21,24). The maximum Gasteiger partial charge on any atom is 0.251 e. The monoisotopic (exact) mass is 321 g/mol. The first-order valence-corrected chi connectivity index (χ1v) is 8.24. The van der Waals surface area contributed by atoms with E-state index in [0.29, 0.717) is 34.4 Å². The van der Waals surface area contributed by atoms with Crippen LogP contribution in [0.3, 0.4) is 0 Å². The van der Waals surface area contributed by atoms with Crippen molar-refractivity contribution < 1.29 is 14.4 Å². The Balaban J connectivity index is 1.87. The molecule has 0 heterocycles. The molecule has 122 valence electrons. The fourth-order valence-corrected chi connectivity index (χ4v) is 2.92. The molecule has 0 aromatic heterocycles. The summed E-state index contributed by atoms with van der Waals surface area (Å²) in [7, 11) is 0. The number of fused-ring (bicyclic) bond motifs is 2. The molecule has 0 unspecified atom stereocenters. The summed E-state index contributed by atoms with van der Waals surface area (Å²) in [6.45, 7) is 2.71. The van der Waals surface area contributed by atoms with Crippen LogP contribution in [0.1, 0.15) is 68.4 Å². The largest absolute Gasteiger partial charge is 0.352 e. The lowest BCUT2D eigenvalue weighted by Gasteiger charge is -2.17. The summed E-state index contributed by atoms with van der Waals surface area (Å²) in [6.07, 6.45) is 3.08. The fraction of sp³-hybridized carbons (Fsp3) is 0.250. The number of benzene rings is 2. The van der Waals surface area contributed by atoms with Gasteiger partial charge in [0.2, 0.25) is 0 Å². The predicted octanol–water partition coefficient (Wildman–Crippen LogP) is 3.38. The van der Waals surface area contributed by atoms with Crippen LogP contribution in [-0.4, -0.2) is 24.0 Å². The van der Waals surface area contributed by atoms with Gasteiger partial charge in [-0.05, 0) is 24.6 Å². The zero-order valence-electron chi connectivity index (χ0n) is 13.6. The van der Waals surface area contributed by atoms with Crippen LogP contribution in [0.2, 0.25) is 0 Å². The van der Waals surface area contributed by atoms with E-state index in [1.54, 1.807) is 36.4 Å². The summed E-state index contributed by atoms with van der Waals surface area (Å²) in [5.41, 5.74) is 1.90. The molecule has 0 aliphatic heterocycles. The summed E-state index contributed by atoms with van der Waals surface area (Å²) in [5.74, 6) is -0.594. The lowest BCUT2D eigenvalue weighted by atomic mass is 9.83. The fourth-order valence-electron chi connectivity index (χ4n) is 2.92. The zero-order valence-corrected chi connectivity index (χ0v) is 13.6. The Morgan fingerprint density at radius 1 is 0.875 bits per heavy atom. The number of nitrogens with one attached hydrogen (secondary N) is 1. The predicted molar refractivity (Wildman–Crippen MR) is 91.6 cm³/mol. The second-order valence-electron chi connectivity index (χ2n) is 5.93. The first kappa shape index (κ1) is 16.1. The van der Waals surface area contributed by atoms with Gasteiger partial charge in [-0.3, -0.25) is 14.4 Å². The van der Waals surface area contributed by atoms with Crippen LogP contribution in [0, 0.1) is 0 Å². The van der Waals surface area contributed by atoms with Crippen LogP contribution in [0.4, 0.5) is 0 Å². The van der Waals surface area contributed by atoms with Crippen molar-refractivity contribution in [3.8, 4) is 0 Å². The van der Waals surface area contributed by atoms with Gasteiger partial charge in [0.25, 0.3) is 5.91 Å². The summed E-state index contributed by atoms with van der Waals surface area (Å²) >= 11 is 0. The van der Waals surface area contributed by atoms with E-state index < -0.39 is 0 Å². The van der Waals surface area contributed by atoms with Crippen molar-refractivity contribution >= 4 is 17.5 Å². The minimum absolute atomic E-state index is 0.171. The summed E-state index contributed by atoms with van der Waals surface area (Å²) in [6, 6.07) is 11.5. The van der Waals surface area contributed by atoms with Crippen LogP contribution >= 0.6 is 0 Å². The van der Waals surface area contributed by atoms with Gasteiger partial charge >= 0.3 is 0 Å². The quantitative estimate of drug-likeness (QED) is 0.733. The molecule has 4 heteroatoms. The Morgan fingerprint density at radius 2 is 1.50 bits per heavy atom. The molecule has 0 spiro atoms. The molecule has 1 aliphatic rings. The Kier molecular flexibility index (Phi) is 4.56. The van der Waals surface area contributed by atoms with Crippen molar-refractivity contribution in [2.45, 2.75) is 26.2 Å². The molecule has 0 fully saturated rings. The number of hydrogen-bond donors (Lipinski definition) is 1. The van der Waals surface area contributed by atoms with E-state index in [2.05, 4.69) is 12.2 Å². The lowest BCUT2D eigenvalue weighted by molar-refractivity contribution is 0.0950. The van der Waals surface area contributed by atoms with E-state index >= 15 is 0 Å². The smallest absolute Gasteiger partial charge is 0.251 e. The highest BCUT2D eigenvalue weighted by Gasteiger charge is 2.29. The Labute approximate surface area is 140 Å². The molecule has 0 radical (unpaired) electrons. The van der Waals surface area contributed by atoms with E-state index in [0.717, 1.165) is 19.3 Å². The molecule has 0 atom stereocenters. The van der Waals surface area contributed by atoms with Gasteiger partial charge in [-0.1, -0.05) is 44.0 Å². The first-order chi connectivity index (χ1) is 11.6. The van der Waals surface area contributed by atoms with Gasteiger partial charge in [-0.2, -0.15) is 0 Å². The third kappa shape index (κ3) is 2.87. The third-order valence-corrected chi connectivity index (χ3v) is 4.25. The average molecular weight is 321 g/mol. The number of amides is 1. The van der Waals surface area contributed by atoms with Crippen molar-refractivity contribution in [2.75, 3.05) is 6.54 Å². The summed E-state index contributed by atoms with van der Waals surface area (Å²) < 4.78 is 0. The first-order valence-electron chi connectivity index (χ1n) is 8.24.